The van der Waals surface area contributed by atoms with Crippen LogP contribution >= 0.6 is 0 Å². The van der Waals surface area contributed by atoms with Crippen LogP contribution in [0.1, 0.15) is 15.9 Å². The van der Waals surface area contributed by atoms with Gasteiger partial charge in [-0.2, -0.15) is 5.10 Å². The van der Waals surface area contributed by atoms with Crippen LogP contribution in [0.2, 0.25) is 0 Å². The van der Waals surface area contributed by atoms with Gasteiger partial charge in [-0.25, -0.2) is 9.59 Å². The van der Waals surface area contributed by atoms with E-state index in [0.717, 1.165) is 5.56 Å². The molecule has 114 valence electrons. The van der Waals surface area contributed by atoms with E-state index in [0.29, 0.717) is 6.54 Å². The third kappa shape index (κ3) is 3.95. The SMILES string of the molecule is C=CCOC(=O)Nc1nn(Cc2ccccc2)cc1C(=O)O. The Hall–Kier alpha value is -3.09. The van der Waals surface area contributed by atoms with E-state index in [-0.39, 0.29) is 18.0 Å². The second-order valence-electron chi connectivity index (χ2n) is 4.39. The van der Waals surface area contributed by atoms with Crippen LogP contribution in [0.4, 0.5) is 10.6 Å². The first-order chi connectivity index (χ1) is 10.6. The van der Waals surface area contributed by atoms with Crippen LogP contribution in [0.25, 0.3) is 0 Å². The van der Waals surface area contributed by atoms with Crippen molar-refractivity contribution in [2.45, 2.75) is 6.54 Å². The van der Waals surface area contributed by atoms with Gasteiger partial charge in [0.25, 0.3) is 0 Å². The Balaban J connectivity index is 2.16. The predicted octanol–water partition coefficient (Wildman–Crippen LogP) is 2.36. The topological polar surface area (TPSA) is 93.5 Å². The highest BCUT2D eigenvalue weighted by molar-refractivity contribution is 5.97. The zero-order chi connectivity index (χ0) is 15.9. The van der Waals surface area contributed by atoms with Crippen molar-refractivity contribution in [3.8, 4) is 0 Å². The van der Waals surface area contributed by atoms with Crippen molar-refractivity contribution >= 4 is 17.9 Å². The summed E-state index contributed by atoms with van der Waals surface area (Å²) in [6.45, 7) is 3.84. The van der Waals surface area contributed by atoms with Crippen LogP contribution in [-0.2, 0) is 11.3 Å². The molecule has 22 heavy (non-hydrogen) atoms. The molecule has 1 heterocycles. The second-order valence-corrected chi connectivity index (χ2v) is 4.39. The summed E-state index contributed by atoms with van der Waals surface area (Å²) in [5, 5.41) is 15.6. The third-order valence-corrected chi connectivity index (χ3v) is 2.73. The lowest BCUT2D eigenvalue weighted by atomic mass is 10.2. The predicted molar refractivity (Wildman–Crippen MR) is 79.9 cm³/mol. The van der Waals surface area contributed by atoms with Crippen LogP contribution in [0.3, 0.4) is 0 Å². The zero-order valence-corrected chi connectivity index (χ0v) is 11.7. The highest BCUT2D eigenvalue weighted by Crippen LogP contribution is 2.15. The first kappa shape index (κ1) is 15.3. The Morgan fingerprint density at radius 2 is 2.09 bits per heavy atom. The van der Waals surface area contributed by atoms with Gasteiger partial charge in [-0.1, -0.05) is 43.0 Å². The van der Waals surface area contributed by atoms with Crippen molar-refractivity contribution in [2.75, 3.05) is 11.9 Å². The zero-order valence-electron chi connectivity index (χ0n) is 11.7. The Kier molecular flexibility index (Phi) is 4.92. The Bertz CT molecular complexity index is 679. The van der Waals surface area contributed by atoms with Crippen LogP contribution in [-0.4, -0.2) is 33.6 Å². The van der Waals surface area contributed by atoms with Gasteiger partial charge in [-0.3, -0.25) is 10.00 Å². The van der Waals surface area contributed by atoms with Gasteiger partial charge in [0.05, 0.1) is 6.54 Å². The Morgan fingerprint density at radius 1 is 1.36 bits per heavy atom. The number of hydrogen-bond donors (Lipinski definition) is 2. The maximum Gasteiger partial charge on any atom is 0.413 e. The Labute approximate surface area is 126 Å². The van der Waals surface area contributed by atoms with Gasteiger partial charge in [-0.05, 0) is 5.56 Å². The van der Waals surface area contributed by atoms with Crippen molar-refractivity contribution in [1.29, 1.82) is 0 Å². The van der Waals surface area contributed by atoms with Gasteiger partial charge in [0.2, 0.25) is 0 Å². The number of anilines is 1. The molecule has 0 bridgehead atoms. The van der Waals surface area contributed by atoms with Gasteiger partial charge in [0.1, 0.15) is 12.2 Å². The molecule has 2 rings (SSSR count). The maximum absolute atomic E-state index is 11.5. The first-order valence-electron chi connectivity index (χ1n) is 6.49. The number of carboxylic acids is 1. The number of carbonyl (C=O) groups is 2. The third-order valence-electron chi connectivity index (χ3n) is 2.73. The molecule has 0 aliphatic rings. The molecule has 1 aromatic carbocycles. The number of carbonyl (C=O) groups excluding carboxylic acids is 1. The van der Waals surface area contributed by atoms with Crippen molar-refractivity contribution in [2.24, 2.45) is 0 Å². The lowest BCUT2D eigenvalue weighted by Gasteiger charge is -2.03. The average Bonchev–Trinajstić information content (AvgIpc) is 2.89. The minimum absolute atomic E-state index is 0.0267. The summed E-state index contributed by atoms with van der Waals surface area (Å²) >= 11 is 0. The molecule has 0 radical (unpaired) electrons. The van der Waals surface area contributed by atoms with Gasteiger partial charge in [-0.15, -0.1) is 0 Å². The molecule has 2 N–H and O–H groups in total. The number of nitrogens with zero attached hydrogens (tertiary/aromatic N) is 2. The van der Waals surface area contributed by atoms with E-state index in [2.05, 4.69) is 17.0 Å². The summed E-state index contributed by atoms with van der Waals surface area (Å²) < 4.78 is 6.19. The van der Waals surface area contributed by atoms with E-state index in [1.807, 2.05) is 30.3 Å². The van der Waals surface area contributed by atoms with Crippen LogP contribution in [0, 0.1) is 0 Å². The van der Waals surface area contributed by atoms with Gasteiger partial charge in [0, 0.05) is 6.20 Å². The number of benzene rings is 1. The van der Waals surface area contributed by atoms with Crippen molar-refractivity contribution in [3.05, 3.63) is 60.3 Å². The molecule has 1 amide bonds. The molecular formula is C15H15N3O4. The van der Waals surface area contributed by atoms with E-state index in [1.54, 1.807) is 0 Å². The van der Waals surface area contributed by atoms with E-state index in [4.69, 9.17) is 4.74 Å². The minimum atomic E-state index is -1.18. The number of amides is 1. The van der Waals surface area contributed by atoms with E-state index in [9.17, 15) is 14.7 Å². The molecule has 0 spiro atoms. The number of nitrogens with one attached hydrogen (secondary N) is 1. The fourth-order valence-corrected chi connectivity index (χ4v) is 1.79. The largest absolute Gasteiger partial charge is 0.477 e. The number of hydrogen-bond acceptors (Lipinski definition) is 4. The molecule has 7 nitrogen and oxygen atoms in total. The molecule has 0 saturated heterocycles. The monoisotopic (exact) mass is 301 g/mol. The highest BCUT2D eigenvalue weighted by Gasteiger charge is 2.18. The number of carboxylic acid groups (broad SMARTS) is 1. The average molecular weight is 301 g/mol. The van der Waals surface area contributed by atoms with Gasteiger partial charge in [0.15, 0.2) is 5.82 Å². The lowest BCUT2D eigenvalue weighted by molar-refractivity contribution is 0.0698. The number of aromatic carboxylic acids is 1. The lowest BCUT2D eigenvalue weighted by Crippen LogP contribution is -2.16. The van der Waals surface area contributed by atoms with E-state index < -0.39 is 12.1 Å². The summed E-state index contributed by atoms with van der Waals surface area (Å²) in [7, 11) is 0. The summed E-state index contributed by atoms with van der Waals surface area (Å²) in [6, 6.07) is 9.44. The molecule has 0 atom stereocenters. The molecular weight excluding hydrogens is 286 g/mol. The maximum atomic E-state index is 11.5. The van der Waals surface area contributed by atoms with Crippen LogP contribution < -0.4 is 5.32 Å². The molecule has 0 aliphatic carbocycles. The quantitative estimate of drug-likeness (QED) is 0.799. The second kappa shape index (κ2) is 7.07. The highest BCUT2D eigenvalue weighted by atomic mass is 16.5. The van der Waals surface area contributed by atoms with E-state index >= 15 is 0 Å². The standard InChI is InChI=1S/C15H15N3O4/c1-2-8-22-15(21)16-13-12(14(19)20)10-18(17-13)9-11-6-4-3-5-7-11/h2-7,10H,1,8-9H2,(H,19,20)(H,16,17,21). The molecule has 1 aromatic heterocycles. The van der Waals surface area contributed by atoms with Crippen molar-refractivity contribution in [1.82, 2.24) is 9.78 Å². The van der Waals surface area contributed by atoms with E-state index in [1.165, 1.54) is 17.0 Å². The number of ether oxygens (including phenoxy) is 1. The molecule has 7 heteroatoms. The molecule has 0 saturated carbocycles. The van der Waals surface area contributed by atoms with Gasteiger partial charge < -0.3 is 9.84 Å². The molecule has 0 fully saturated rings. The fraction of sp³-hybridized carbons (Fsp3) is 0.133. The number of rotatable bonds is 6. The fourth-order valence-electron chi connectivity index (χ4n) is 1.79. The molecule has 0 unspecified atom stereocenters. The van der Waals surface area contributed by atoms with Crippen LogP contribution in [0.5, 0.6) is 0 Å². The summed E-state index contributed by atoms with van der Waals surface area (Å²) in [5.74, 6) is -1.24. The molecule has 0 aliphatic heterocycles. The molecule has 2 aromatic rings. The Morgan fingerprint density at radius 3 is 2.73 bits per heavy atom. The smallest absolute Gasteiger partial charge is 0.413 e. The summed E-state index contributed by atoms with van der Waals surface area (Å²) in [6.07, 6.45) is 1.98. The first-order valence-corrected chi connectivity index (χ1v) is 6.49. The summed E-state index contributed by atoms with van der Waals surface area (Å²) in [4.78, 5) is 22.7. The summed E-state index contributed by atoms with van der Waals surface area (Å²) in [5.41, 5.74) is 0.856. The van der Waals surface area contributed by atoms with Gasteiger partial charge >= 0.3 is 12.1 Å². The van der Waals surface area contributed by atoms with Crippen molar-refractivity contribution in [3.63, 3.8) is 0 Å². The van der Waals surface area contributed by atoms with Crippen LogP contribution in [0.15, 0.2) is 49.2 Å². The van der Waals surface area contributed by atoms with Crippen molar-refractivity contribution < 1.29 is 19.4 Å². The normalized spacial score (nSPS) is 10.0. The number of aromatic nitrogens is 2. The minimum Gasteiger partial charge on any atom is -0.477 e.